The van der Waals surface area contributed by atoms with Gasteiger partial charge in [0.1, 0.15) is 0 Å². The molecule has 1 aliphatic carbocycles. The van der Waals surface area contributed by atoms with Crippen LogP contribution in [0.3, 0.4) is 0 Å². The first-order chi connectivity index (χ1) is 5.59. The van der Waals surface area contributed by atoms with Crippen molar-refractivity contribution in [3.8, 4) is 0 Å². The van der Waals surface area contributed by atoms with E-state index in [1.165, 1.54) is 6.92 Å². The van der Waals surface area contributed by atoms with Crippen molar-refractivity contribution in [3.63, 3.8) is 0 Å². The van der Waals surface area contributed by atoms with Gasteiger partial charge in [-0.05, 0) is 25.8 Å². The highest BCUT2D eigenvalue weighted by molar-refractivity contribution is 5.96. The second kappa shape index (κ2) is 3.52. The maximum atomic E-state index is 11.2. The highest BCUT2D eigenvalue weighted by atomic mass is 16.5. The maximum Gasteiger partial charge on any atom is 0.303 e. The van der Waals surface area contributed by atoms with Crippen LogP contribution in [-0.2, 0) is 14.3 Å². The molecule has 0 saturated carbocycles. The summed E-state index contributed by atoms with van der Waals surface area (Å²) >= 11 is 0. The van der Waals surface area contributed by atoms with Crippen LogP contribution in [0.15, 0.2) is 11.6 Å². The summed E-state index contributed by atoms with van der Waals surface area (Å²) in [6.45, 7) is 3.22. The van der Waals surface area contributed by atoms with Gasteiger partial charge in [0.2, 0.25) is 0 Å². The van der Waals surface area contributed by atoms with Crippen molar-refractivity contribution >= 4 is 11.8 Å². The number of rotatable bonds is 1. The van der Waals surface area contributed by atoms with E-state index in [2.05, 4.69) is 0 Å². The predicted molar refractivity (Wildman–Crippen MR) is 43.6 cm³/mol. The minimum Gasteiger partial charge on any atom is -0.454 e. The summed E-state index contributed by atoms with van der Waals surface area (Å²) in [6, 6.07) is 0. The summed E-state index contributed by atoms with van der Waals surface area (Å²) in [5, 5.41) is 0. The molecule has 0 spiro atoms. The average Bonchev–Trinajstić information content (AvgIpc) is 1.94. The van der Waals surface area contributed by atoms with Crippen LogP contribution in [0, 0.1) is 0 Å². The van der Waals surface area contributed by atoms with Crippen molar-refractivity contribution in [1.82, 2.24) is 0 Å². The highest BCUT2D eigenvalue weighted by Gasteiger charge is 2.22. The molecule has 0 unspecified atom stereocenters. The Morgan fingerprint density at radius 2 is 2.33 bits per heavy atom. The minimum absolute atomic E-state index is 0.0889. The van der Waals surface area contributed by atoms with E-state index >= 15 is 0 Å². The molecule has 0 bridgehead atoms. The quantitative estimate of drug-likeness (QED) is 0.553. The number of carbonyl (C=O) groups is 2. The molecule has 0 fully saturated rings. The smallest absolute Gasteiger partial charge is 0.303 e. The summed E-state index contributed by atoms with van der Waals surface area (Å²) in [5.41, 5.74) is 1.06. The van der Waals surface area contributed by atoms with Gasteiger partial charge in [0.25, 0.3) is 0 Å². The third kappa shape index (κ3) is 2.19. The number of ketones is 1. The van der Waals surface area contributed by atoms with E-state index < -0.39 is 6.10 Å². The van der Waals surface area contributed by atoms with Gasteiger partial charge in [-0.3, -0.25) is 9.59 Å². The van der Waals surface area contributed by atoms with Crippen LogP contribution in [0.25, 0.3) is 0 Å². The van der Waals surface area contributed by atoms with Crippen LogP contribution in [-0.4, -0.2) is 17.9 Å². The predicted octanol–water partition coefficient (Wildman–Crippen LogP) is 1.23. The molecule has 1 atom stereocenters. The molecule has 0 N–H and O–H groups in total. The Balaban J connectivity index is 2.59. The first-order valence-corrected chi connectivity index (χ1v) is 3.98. The zero-order valence-electron chi connectivity index (χ0n) is 7.29. The van der Waals surface area contributed by atoms with E-state index in [1.54, 1.807) is 6.08 Å². The van der Waals surface area contributed by atoms with E-state index in [-0.39, 0.29) is 11.8 Å². The Kier molecular flexibility index (Phi) is 2.63. The lowest BCUT2D eigenvalue weighted by Gasteiger charge is -2.18. The van der Waals surface area contributed by atoms with Crippen LogP contribution in [0.2, 0.25) is 0 Å². The van der Waals surface area contributed by atoms with Crippen LogP contribution >= 0.6 is 0 Å². The van der Waals surface area contributed by atoms with E-state index in [4.69, 9.17) is 4.74 Å². The minimum atomic E-state index is -0.536. The summed E-state index contributed by atoms with van der Waals surface area (Å²) < 4.78 is 4.82. The topological polar surface area (TPSA) is 43.4 Å². The molecule has 0 aromatic carbocycles. The zero-order chi connectivity index (χ0) is 9.14. The van der Waals surface area contributed by atoms with Crippen molar-refractivity contribution in [2.24, 2.45) is 0 Å². The van der Waals surface area contributed by atoms with Gasteiger partial charge in [0.15, 0.2) is 11.9 Å². The molecule has 0 saturated heterocycles. The Labute approximate surface area is 71.4 Å². The van der Waals surface area contributed by atoms with Crippen molar-refractivity contribution in [2.75, 3.05) is 0 Å². The molecule has 0 aromatic rings. The zero-order valence-corrected chi connectivity index (χ0v) is 7.29. The fraction of sp³-hybridized carbons (Fsp3) is 0.556. The molecule has 66 valence electrons. The van der Waals surface area contributed by atoms with Gasteiger partial charge in [-0.2, -0.15) is 0 Å². The fourth-order valence-electron chi connectivity index (χ4n) is 1.23. The first-order valence-electron chi connectivity index (χ1n) is 3.98. The monoisotopic (exact) mass is 168 g/mol. The van der Waals surface area contributed by atoms with Gasteiger partial charge in [-0.1, -0.05) is 5.57 Å². The molecule has 0 aromatic heterocycles. The van der Waals surface area contributed by atoms with Crippen LogP contribution in [0.4, 0.5) is 0 Å². The third-order valence-electron chi connectivity index (χ3n) is 1.82. The van der Waals surface area contributed by atoms with Crippen LogP contribution < -0.4 is 0 Å². The first kappa shape index (κ1) is 8.97. The molecule has 0 amide bonds. The Bertz CT molecular complexity index is 240. The van der Waals surface area contributed by atoms with Crippen LogP contribution in [0.1, 0.15) is 26.7 Å². The molecule has 3 nitrogen and oxygen atoms in total. The Hall–Kier alpha value is -1.12. The highest BCUT2D eigenvalue weighted by Crippen LogP contribution is 2.17. The summed E-state index contributed by atoms with van der Waals surface area (Å²) in [4.78, 5) is 21.7. The average molecular weight is 168 g/mol. The Morgan fingerprint density at radius 1 is 1.67 bits per heavy atom. The molecule has 1 aliphatic rings. The second-order valence-electron chi connectivity index (χ2n) is 3.03. The van der Waals surface area contributed by atoms with Gasteiger partial charge in [-0.15, -0.1) is 0 Å². The van der Waals surface area contributed by atoms with Gasteiger partial charge in [0, 0.05) is 6.92 Å². The standard InChI is InChI=1S/C9H12O3/c1-6-3-4-9(8(11)5-6)12-7(2)10/h5,9H,3-4H2,1-2H3/t9-/m0/s1. The van der Waals surface area contributed by atoms with Crippen molar-refractivity contribution in [1.29, 1.82) is 0 Å². The molecular weight excluding hydrogens is 156 g/mol. The Morgan fingerprint density at radius 3 is 2.83 bits per heavy atom. The van der Waals surface area contributed by atoms with Gasteiger partial charge >= 0.3 is 5.97 Å². The molecule has 3 heteroatoms. The van der Waals surface area contributed by atoms with Crippen molar-refractivity contribution in [3.05, 3.63) is 11.6 Å². The SMILES string of the molecule is CC(=O)O[C@H]1CCC(C)=CC1=O. The van der Waals surface area contributed by atoms with Gasteiger partial charge < -0.3 is 4.74 Å². The molecule has 0 aliphatic heterocycles. The van der Waals surface area contributed by atoms with E-state index in [0.29, 0.717) is 6.42 Å². The normalized spacial score (nSPS) is 23.3. The van der Waals surface area contributed by atoms with Crippen LogP contribution in [0.5, 0.6) is 0 Å². The number of esters is 1. The summed E-state index contributed by atoms with van der Waals surface area (Å²) in [5.74, 6) is -0.477. The number of hydrogen-bond donors (Lipinski definition) is 0. The largest absolute Gasteiger partial charge is 0.454 e. The molecular formula is C9H12O3. The number of hydrogen-bond acceptors (Lipinski definition) is 3. The second-order valence-corrected chi connectivity index (χ2v) is 3.03. The molecule has 0 radical (unpaired) electrons. The molecule has 1 rings (SSSR count). The number of carbonyl (C=O) groups excluding carboxylic acids is 2. The van der Waals surface area contributed by atoms with E-state index in [0.717, 1.165) is 12.0 Å². The molecule has 0 heterocycles. The van der Waals surface area contributed by atoms with Crippen molar-refractivity contribution in [2.45, 2.75) is 32.8 Å². The lowest BCUT2D eigenvalue weighted by Crippen LogP contribution is -2.27. The maximum absolute atomic E-state index is 11.2. The van der Waals surface area contributed by atoms with Gasteiger partial charge in [-0.25, -0.2) is 0 Å². The summed E-state index contributed by atoms with van der Waals surface area (Å²) in [7, 11) is 0. The third-order valence-corrected chi connectivity index (χ3v) is 1.82. The lowest BCUT2D eigenvalue weighted by molar-refractivity contribution is -0.152. The van der Waals surface area contributed by atoms with E-state index in [1.807, 2.05) is 6.92 Å². The number of allylic oxidation sites excluding steroid dienone is 1. The van der Waals surface area contributed by atoms with Crippen molar-refractivity contribution < 1.29 is 14.3 Å². The lowest BCUT2D eigenvalue weighted by atomic mass is 9.97. The fourth-order valence-corrected chi connectivity index (χ4v) is 1.23. The van der Waals surface area contributed by atoms with Gasteiger partial charge in [0.05, 0.1) is 0 Å². The van der Waals surface area contributed by atoms with E-state index in [9.17, 15) is 9.59 Å². The molecule has 12 heavy (non-hydrogen) atoms. The number of ether oxygens (including phenoxy) is 1. The summed E-state index contributed by atoms with van der Waals surface area (Å²) in [6.07, 6.45) is 2.48.